The van der Waals surface area contributed by atoms with Crippen molar-refractivity contribution in [3.63, 3.8) is 0 Å². The van der Waals surface area contributed by atoms with Crippen LogP contribution in [0, 0.1) is 6.92 Å². The Labute approximate surface area is 171 Å². The molecule has 0 saturated carbocycles. The summed E-state index contributed by atoms with van der Waals surface area (Å²) in [6.07, 6.45) is 1.64. The predicted octanol–water partition coefficient (Wildman–Crippen LogP) is 2.20. The monoisotopic (exact) mass is 404 g/mol. The molecule has 0 fully saturated rings. The number of benzene rings is 2. The number of aromatic nitrogens is 5. The van der Waals surface area contributed by atoms with E-state index < -0.39 is 0 Å². The molecule has 2 aromatic heterocycles. The van der Waals surface area contributed by atoms with Crippen molar-refractivity contribution in [2.75, 3.05) is 7.11 Å². The van der Waals surface area contributed by atoms with Crippen LogP contribution in [-0.2, 0) is 6.54 Å². The molecule has 1 amide bonds. The molecule has 0 bridgehead atoms. The highest BCUT2D eigenvalue weighted by Crippen LogP contribution is 2.19. The molecular formula is C21H20N6O3. The van der Waals surface area contributed by atoms with E-state index in [0.717, 1.165) is 17.0 Å². The van der Waals surface area contributed by atoms with Crippen LogP contribution < -0.4 is 15.7 Å². The highest BCUT2D eigenvalue weighted by atomic mass is 16.5. The zero-order valence-corrected chi connectivity index (χ0v) is 16.5. The van der Waals surface area contributed by atoms with Crippen LogP contribution in [0.25, 0.3) is 17.1 Å². The molecule has 4 aromatic rings. The lowest BCUT2D eigenvalue weighted by Crippen LogP contribution is -2.23. The number of amides is 1. The number of nitrogens with zero attached hydrogens (tertiary/aromatic N) is 3. The van der Waals surface area contributed by atoms with Gasteiger partial charge in [-0.1, -0.05) is 0 Å². The van der Waals surface area contributed by atoms with Crippen LogP contribution in [0.4, 0.5) is 0 Å². The third kappa shape index (κ3) is 3.86. The zero-order valence-electron chi connectivity index (χ0n) is 16.5. The van der Waals surface area contributed by atoms with Gasteiger partial charge in [0, 0.05) is 23.0 Å². The highest BCUT2D eigenvalue weighted by molar-refractivity contribution is 5.94. The lowest BCUT2D eigenvalue weighted by atomic mass is 10.2. The van der Waals surface area contributed by atoms with E-state index in [-0.39, 0.29) is 18.1 Å². The average Bonchev–Trinajstić information content (AvgIpc) is 3.38. The Morgan fingerprint density at radius 2 is 1.87 bits per heavy atom. The fourth-order valence-electron chi connectivity index (χ4n) is 3.05. The molecule has 30 heavy (non-hydrogen) atoms. The topological polar surface area (TPSA) is 118 Å². The minimum atomic E-state index is -0.248. The summed E-state index contributed by atoms with van der Waals surface area (Å²) in [5.41, 5.74) is 2.58. The molecule has 9 nitrogen and oxygen atoms in total. The number of hydrogen-bond donors (Lipinski definition) is 3. The Kier molecular flexibility index (Phi) is 5.17. The summed E-state index contributed by atoms with van der Waals surface area (Å²) in [6.45, 7) is 2.04. The molecule has 0 saturated heterocycles. The smallest absolute Gasteiger partial charge is 0.330 e. The van der Waals surface area contributed by atoms with Crippen LogP contribution in [0.3, 0.4) is 0 Å². The highest BCUT2D eigenvalue weighted by Gasteiger charge is 2.10. The van der Waals surface area contributed by atoms with Crippen molar-refractivity contribution in [3.05, 3.63) is 82.3 Å². The van der Waals surface area contributed by atoms with E-state index in [1.165, 1.54) is 4.57 Å². The Bertz CT molecular complexity index is 1220. The number of H-pyrrole nitrogens is 2. The maximum atomic E-state index is 12.4. The summed E-state index contributed by atoms with van der Waals surface area (Å²) in [4.78, 5) is 31.3. The van der Waals surface area contributed by atoms with E-state index in [0.29, 0.717) is 22.9 Å². The second-order valence-corrected chi connectivity index (χ2v) is 6.63. The lowest BCUT2D eigenvalue weighted by Gasteiger charge is -2.06. The molecule has 0 spiro atoms. The van der Waals surface area contributed by atoms with Gasteiger partial charge in [0.2, 0.25) is 0 Å². The first-order chi connectivity index (χ1) is 14.5. The Hall–Kier alpha value is -4.14. The molecule has 0 aliphatic carbocycles. The Morgan fingerprint density at radius 3 is 2.50 bits per heavy atom. The predicted molar refractivity (Wildman–Crippen MR) is 111 cm³/mol. The molecule has 9 heteroatoms. The van der Waals surface area contributed by atoms with E-state index in [2.05, 4.69) is 25.5 Å². The summed E-state index contributed by atoms with van der Waals surface area (Å²) >= 11 is 0. The number of methoxy groups -OCH3 is 1. The maximum absolute atomic E-state index is 12.4. The summed E-state index contributed by atoms with van der Waals surface area (Å²) in [7, 11) is 1.61. The first-order valence-electron chi connectivity index (χ1n) is 9.26. The Morgan fingerprint density at radius 1 is 1.13 bits per heavy atom. The van der Waals surface area contributed by atoms with Gasteiger partial charge < -0.3 is 15.0 Å². The second kappa shape index (κ2) is 8.08. The minimum absolute atomic E-state index is 0.208. The number of aromatic amines is 2. The fraction of sp³-hybridized carbons (Fsp3) is 0.143. The van der Waals surface area contributed by atoms with Gasteiger partial charge in [-0.25, -0.2) is 9.78 Å². The number of ether oxygens (including phenoxy) is 1. The molecule has 0 unspecified atom stereocenters. The number of carbonyl (C=O) groups is 1. The first-order valence-corrected chi connectivity index (χ1v) is 9.26. The summed E-state index contributed by atoms with van der Waals surface area (Å²) in [5, 5.41) is 9.82. The van der Waals surface area contributed by atoms with Crippen molar-refractivity contribution in [2.24, 2.45) is 0 Å². The van der Waals surface area contributed by atoms with Gasteiger partial charge in [-0.3, -0.25) is 14.5 Å². The molecule has 0 aliphatic rings. The molecule has 0 aliphatic heterocycles. The molecule has 0 radical (unpaired) electrons. The minimum Gasteiger partial charge on any atom is -0.497 e. The third-order valence-corrected chi connectivity index (χ3v) is 4.64. The van der Waals surface area contributed by atoms with Crippen molar-refractivity contribution >= 4 is 5.91 Å². The summed E-state index contributed by atoms with van der Waals surface area (Å²) in [5.74, 6) is 1.59. The number of rotatable bonds is 6. The summed E-state index contributed by atoms with van der Waals surface area (Å²) < 4.78 is 6.68. The molecular weight excluding hydrogens is 384 g/mol. The second-order valence-electron chi connectivity index (χ2n) is 6.63. The average molecular weight is 404 g/mol. The van der Waals surface area contributed by atoms with Crippen LogP contribution in [-0.4, -0.2) is 37.7 Å². The number of aryl methyl sites for hydroxylation is 1. The van der Waals surface area contributed by atoms with Gasteiger partial charge in [0.15, 0.2) is 5.82 Å². The van der Waals surface area contributed by atoms with Gasteiger partial charge in [0.1, 0.15) is 11.6 Å². The van der Waals surface area contributed by atoms with Gasteiger partial charge in [-0.2, -0.15) is 5.10 Å². The van der Waals surface area contributed by atoms with Crippen LogP contribution in [0.15, 0.2) is 59.5 Å². The molecule has 3 N–H and O–H groups in total. The van der Waals surface area contributed by atoms with Crippen LogP contribution in [0.1, 0.15) is 21.9 Å². The molecule has 2 heterocycles. The number of imidazole rings is 1. The SMILES string of the molecule is COc1ccc(-c2n[nH]c(CNC(=O)c3ccc(-n4c(C)c[nH]c4=O)cc3)n2)cc1. The van der Waals surface area contributed by atoms with Crippen molar-refractivity contribution in [1.29, 1.82) is 0 Å². The largest absolute Gasteiger partial charge is 0.497 e. The van der Waals surface area contributed by atoms with Gasteiger partial charge in [-0.15, -0.1) is 0 Å². The van der Waals surface area contributed by atoms with Crippen LogP contribution >= 0.6 is 0 Å². The number of nitrogens with one attached hydrogen (secondary N) is 3. The van der Waals surface area contributed by atoms with Crippen molar-refractivity contribution in [2.45, 2.75) is 13.5 Å². The Balaban J connectivity index is 1.40. The first kappa shape index (κ1) is 19.2. The van der Waals surface area contributed by atoms with Crippen LogP contribution in [0.5, 0.6) is 5.75 Å². The summed E-state index contributed by atoms with van der Waals surface area (Å²) in [6, 6.07) is 14.2. The van der Waals surface area contributed by atoms with E-state index in [9.17, 15) is 9.59 Å². The zero-order chi connectivity index (χ0) is 21.1. The standard InChI is InChI=1S/C21H20N6O3/c1-13-11-23-21(29)27(13)16-7-3-15(4-8-16)20(28)22-12-18-24-19(26-25-18)14-5-9-17(30-2)10-6-14/h3-11H,12H2,1-2H3,(H,22,28)(H,23,29)(H,24,25,26). The van der Waals surface area contributed by atoms with Gasteiger partial charge in [0.05, 0.1) is 19.3 Å². The van der Waals surface area contributed by atoms with Gasteiger partial charge in [0.25, 0.3) is 5.91 Å². The van der Waals surface area contributed by atoms with E-state index in [1.54, 1.807) is 37.6 Å². The molecule has 0 atom stereocenters. The van der Waals surface area contributed by atoms with E-state index in [4.69, 9.17) is 4.74 Å². The lowest BCUT2D eigenvalue weighted by molar-refractivity contribution is 0.0950. The van der Waals surface area contributed by atoms with Gasteiger partial charge >= 0.3 is 5.69 Å². The molecule has 2 aromatic carbocycles. The third-order valence-electron chi connectivity index (χ3n) is 4.64. The molecule has 152 valence electrons. The van der Waals surface area contributed by atoms with Crippen molar-refractivity contribution in [1.82, 2.24) is 30.0 Å². The quantitative estimate of drug-likeness (QED) is 0.455. The van der Waals surface area contributed by atoms with Crippen molar-refractivity contribution in [3.8, 4) is 22.8 Å². The van der Waals surface area contributed by atoms with E-state index >= 15 is 0 Å². The maximum Gasteiger partial charge on any atom is 0.330 e. The normalized spacial score (nSPS) is 10.7. The van der Waals surface area contributed by atoms with E-state index in [1.807, 2.05) is 31.2 Å². The fourth-order valence-corrected chi connectivity index (χ4v) is 3.05. The van der Waals surface area contributed by atoms with Crippen LogP contribution in [0.2, 0.25) is 0 Å². The number of carbonyl (C=O) groups excluding carboxylic acids is 1. The van der Waals surface area contributed by atoms with Crippen molar-refractivity contribution < 1.29 is 9.53 Å². The number of hydrogen-bond acceptors (Lipinski definition) is 5. The molecule has 4 rings (SSSR count). The van der Waals surface area contributed by atoms with Gasteiger partial charge in [-0.05, 0) is 55.5 Å².